The number of aldehydes is 2. The number of ether oxygens (including phenoxy) is 1. The van der Waals surface area contributed by atoms with Crippen LogP contribution in [0.15, 0.2) is 42.5 Å². The van der Waals surface area contributed by atoms with Gasteiger partial charge in [0.1, 0.15) is 6.10 Å². The Morgan fingerprint density at radius 1 is 1.10 bits per heavy atom. The summed E-state index contributed by atoms with van der Waals surface area (Å²) >= 11 is 0. The fourth-order valence-electron chi connectivity index (χ4n) is 8.40. The molecule has 8 nitrogen and oxygen atoms in total. The van der Waals surface area contributed by atoms with Crippen molar-refractivity contribution < 1.29 is 29.3 Å². The average Bonchev–Trinajstić information content (AvgIpc) is 3.32. The Morgan fingerprint density at radius 3 is 2.59 bits per heavy atom. The zero-order valence-electron chi connectivity index (χ0n) is 23.2. The number of rotatable bonds is 6. The fraction of sp³-hybridized carbons (Fsp3) is 0.424. The molecule has 1 spiro atoms. The summed E-state index contributed by atoms with van der Waals surface area (Å²) in [5.74, 6) is 0.698. The molecule has 0 radical (unpaired) electrons. The van der Waals surface area contributed by atoms with Crippen molar-refractivity contribution in [1.29, 1.82) is 0 Å². The highest BCUT2D eigenvalue weighted by Gasteiger charge is 2.73. The number of phenols is 1. The van der Waals surface area contributed by atoms with Crippen molar-refractivity contribution in [2.45, 2.75) is 68.7 Å². The summed E-state index contributed by atoms with van der Waals surface area (Å²) in [5.41, 5.74) is 1.27. The van der Waals surface area contributed by atoms with Crippen LogP contribution in [0, 0.1) is 5.92 Å². The summed E-state index contributed by atoms with van der Waals surface area (Å²) in [6.45, 7) is 6.11. The Labute approximate surface area is 238 Å². The normalized spacial score (nSPS) is 29.6. The largest absolute Gasteiger partial charge is 0.504 e. The summed E-state index contributed by atoms with van der Waals surface area (Å²) in [5, 5.41) is 28.1. The molecule has 2 bridgehead atoms. The summed E-state index contributed by atoms with van der Waals surface area (Å²) < 4.78 is 6.55. The summed E-state index contributed by atoms with van der Waals surface area (Å²) in [7, 11) is 0. The first-order valence-corrected chi connectivity index (χ1v) is 14.5. The first-order valence-electron chi connectivity index (χ1n) is 14.5. The predicted octanol–water partition coefficient (Wildman–Crippen LogP) is 3.78. The van der Waals surface area contributed by atoms with Crippen molar-refractivity contribution in [2.75, 3.05) is 13.1 Å². The topological polar surface area (TPSA) is 116 Å². The lowest BCUT2D eigenvalue weighted by Crippen LogP contribution is -2.78. The van der Waals surface area contributed by atoms with Gasteiger partial charge in [0.15, 0.2) is 24.1 Å². The Bertz CT molecular complexity index is 1620. The molecule has 3 aromatic rings. The van der Waals surface area contributed by atoms with Crippen molar-refractivity contribution in [3.05, 3.63) is 70.3 Å². The van der Waals surface area contributed by atoms with Gasteiger partial charge in [0.2, 0.25) is 0 Å². The highest BCUT2D eigenvalue weighted by molar-refractivity contribution is 6.02. The number of carbonyl (C=O) groups excluding carboxylic acids is 3. The number of phenolic OH excluding ortho intramolecular Hbond substituents is 1. The van der Waals surface area contributed by atoms with Gasteiger partial charge in [-0.25, -0.2) is 0 Å². The van der Waals surface area contributed by atoms with E-state index >= 15 is 0 Å². The van der Waals surface area contributed by atoms with Crippen LogP contribution >= 0.6 is 0 Å². The van der Waals surface area contributed by atoms with Gasteiger partial charge in [-0.05, 0) is 84.8 Å². The monoisotopic (exact) mass is 554 g/mol. The van der Waals surface area contributed by atoms with E-state index in [-0.39, 0.29) is 29.3 Å². The van der Waals surface area contributed by atoms with Crippen LogP contribution in [-0.4, -0.2) is 70.5 Å². The van der Waals surface area contributed by atoms with Crippen LogP contribution in [0.5, 0.6) is 11.5 Å². The van der Waals surface area contributed by atoms with Crippen LogP contribution in [0.4, 0.5) is 0 Å². The molecule has 3 N–H and O–H groups in total. The van der Waals surface area contributed by atoms with Crippen molar-refractivity contribution >= 4 is 29.3 Å². The number of benzene rings is 3. The van der Waals surface area contributed by atoms with Gasteiger partial charge in [-0.2, -0.15) is 0 Å². The second kappa shape index (κ2) is 9.13. The smallest absolute Gasteiger partial charge is 0.251 e. The molecule has 5 atom stereocenters. The van der Waals surface area contributed by atoms with Crippen LogP contribution in [0.1, 0.15) is 75.3 Å². The second-order valence-corrected chi connectivity index (χ2v) is 12.6. The number of amides is 1. The van der Waals surface area contributed by atoms with Crippen molar-refractivity contribution in [2.24, 2.45) is 5.92 Å². The van der Waals surface area contributed by atoms with Gasteiger partial charge >= 0.3 is 0 Å². The minimum Gasteiger partial charge on any atom is -0.504 e. The van der Waals surface area contributed by atoms with Crippen LogP contribution in [0.25, 0.3) is 10.8 Å². The number of aliphatic hydroxyl groups is 1. The van der Waals surface area contributed by atoms with E-state index in [9.17, 15) is 24.6 Å². The summed E-state index contributed by atoms with van der Waals surface area (Å²) in [6.07, 6.45) is 3.20. The number of likely N-dealkylation sites (tertiary alicyclic amines) is 1. The van der Waals surface area contributed by atoms with Crippen molar-refractivity contribution in [1.82, 2.24) is 10.2 Å². The van der Waals surface area contributed by atoms with E-state index in [0.29, 0.717) is 66.4 Å². The first kappa shape index (κ1) is 26.2. The molecule has 2 aliphatic carbocycles. The SMILES string of the molecule is CC(C)CN1CC[C@]23c4c5ccc(O)c4O[C@H]2[C@@H](NC(=O)c2ccc4cc(C=O)c(C=O)cc4c2)CC[C@@]3(O)[C@H]1C5. The molecule has 1 amide bonds. The number of piperidine rings is 1. The van der Waals surface area contributed by atoms with Gasteiger partial charge in [0.05, 0.1) is 17.1 Å². The molecule has 7 rings (SSSR count). The highest BCUT2D eigenvalue weighted by atomic mass is 16.5. The quantitative estimate of drug-likeness (QED) is 0.397. The molecule has 3 aromatic carbocycles. The van der Waals surface area contributed by atoms with E-state index in [1.807, 2.05) is 6.07 Å². The Kier molecular flexibility index (Phi) is 5.83. The van der Waals surface area contributed by atoms with Crippen molar-refractivity contribution in [3.63, 3.8) is 0 Å². The van der Waals surface area contributed by atoms with Crippen LogP contribution < -0.4 is 10.1 Å². The molecule has 1 saturated heterocycles. The average molecular weight is 555 g/mol. The number of nitrogens with one attached hydrogen (secondary N) is 1. The van der Waals surface area contributed by atoms with E-state index in [4.69, 9.17) is 4.74 Å². The molecule has 8 heteroatoms. The number of hydrogen-bond donors (Lipinski definition) is 3. The Morgan fingerprint density at radius 2 is 1.85 bits per heavy atom. The van der Waals surface area contributed by atoms with Crippen LogP contribution in [0.2, 0.25) is 0 Å². The van der Waals surface area contributed by atoms with E-state index in [2.05, 4.69) is 24.1 Å². The molecule has 41 heavy (non-hydrogen) atoms. The van der Waals surface area contributed by atoms with E-state index < -0.39 is 17.1 Å². The minimum absolute atomic E-state index is 0.0619. The fourth-order valence-corrected chi connectivity index (χ4v) is 8.40. The predicted molar refractivity (Wildman–Crippen MR) is 153 cm³/mol. The zero-order chi connectivity index (χ0) is 28.7. The first-order chi connectivity index (χ1) is 19.7. The van der Waals surface area contributed by atoms with Gasteiger partial charge in [0, 0.05) is 34.8 Å². The van der Waals surface area contributed by atoms with Gasteiger partial charge < -0.3 is 20.3 Å². The van der Waals surface area contributed by atoms with E-state index in [1.165, 1.54) is 0 Å². The van der Waals surface area contributed by atoms with Crippen molar-refractivity contribution in [3.8, 4) is 11.5 Å². The molecule has 1 saturated carbocycles. The summed E-state index contributed by atoms with van der Waals surface area (Å²) in [4.78, 5) is 38.9. The lowest BCUT2D eigenvalue weighted by Gasteiger charge is -2.64. The third-order valence-electron chi connectivity index (χ3n) is 10.0. The number of hydrogen-bond acceptors (Lipinski definition) is 7. The standard InChI is InChI=1S/C33H34N2O6/c1-18(2)15-35-10-9-32-28-20-5-6-26(38)29(28)41-30(32)25(7-8-33(32,40)27(35)14-20)34-31(39)21-4-3-19-11-23(16-36)24(17-37)13-22(19)12-21/h3-6,11-13,16-18,25,27,30,38,40H,7-10,14-15H2,1-2H3,(H,34,39)/t25-,27+,30-,32-,33+/m0/s1. The lowest BCUT2D eigenvalue weighted by molar-refractivity contribution is -0.191. The third-order valence-corrected chi connectivity index (χ3v) is 10.0. The number of aromatic hydroxyl groups is 1. The molecule has 2 aliphatic heterocycles. The zero-order valence-corrected chi connectivity index (χ0v) is 23.2. The van der Waals surface area contributed by atoms with Crippen LogP contribution in [0.3, 0.4) is 0 Å². The maximum atomic E-state index is 13.6. The molecule has 4 aliphatic rings. The third kappa shape index (κ3) is 3.56. The number of fused-ring (bicyclic) bond motifs is 1. The van der Waals surface area contributed by atoms with Gasteiger partial charge in [-0.1, -0.05) is 26.0 Å². The van der Waals surface area contributed by atoms with E-state index in [0.717, 1.165) is 29.6 Å². The molecule has 2 heterocycles. The van der Waals surface area contributed by atoms with Gasteiger partial charge in [0.25, 0.3) is 5.91 Å². The molecule has 2 fully saturated rings. The summed E-state index contributed by atoms with van der Waals surface area (Å²) in [6, 6.07) is 11.7. The number of nitrogens with zero attached hydrogens (tertiary/aromatic N) is 1. The molecular weight excluding hydrogens is 520 g/mol. The van der Waals surface area contributed by atoms with Gasteiger partial charge in [-0.3, -0.25) is 19.3 Å². The second-order valence-electron chi connectivity index (χ2n) is 12.6. The molecule has 0 aromatic heterocycles. The number of carbonyl (C=O) groups is 3. The maximum Gasteiger partial charge on any atom is 0.251 e. The highest BCUT2D eigenvalue weighted by Crippen LogP contribution is 2.65. The Balaban J connectivity index is 1.25. The van der Waals surface area contributed by atoms with Crippen LogP contribution in [-0.2, 0) is 11.8 Å². The van der Waals surface area contributed by atoms with E-state index in [1.54, 1.807) is 36.4 Å². The minimum atomic E-state index is -1.04. The molecular formula is C33H34N2O6. The Hall–Kier alpha value is -3.75. The maximum absolute atomic E-state index is 13.6. The molecule has 212 valence electrons. The van der Waals surface area contributed by atoms with Gasteiger partial charge in [-0.15, -0.1) is 0 Å². The lowest BCUT2D eigenvalue weighted by atomic mass is 9.48. The molecule has 0 unspecified atom stereocenters.